The molecular weight excluding hydrogens is 372 g/mol. The molecule has 0 heterocycles. The number of carbonyl (C=O) groups is 1. The van der Waals surface area contributed by atoms with Crippen LogP contribution in [-0.2, 0) is 14.8 Å². The Labute approximate surface area is 168 Å². The van der Waals surface area contributed by atoms with Gasteiger partial charge < -0.3 is 5.32 Å². The fourth-order valence-electron chi connectivity index (χ4n) is 3.11. The molecule has 0 saturated carbocycles. The van der Waals surface area contributed by atoms with Gasteiger partial charge in [-0.25, -0.2) is 8.42 Å². The number of benzene rings is 2. The number of aryl methyl sites for hydroxylation is 1. The molecule has 2 rings (SSSR count). The zero-order chi connectivity index (χ0) is 20.7. The highest BCUT2D eigenvalue weighted by Gasteiger charge is 2.20. The van der Waals surface area contributed by atoms with Crippen LogP contribution in [0.4, 0.5) is 5.69 Å². The molecule has 6 heteroatoms. The van der Waals surface area contributed by atoms with Crippen molar-refractivity contribution >= 4 is 21.6 Å². The van der Waals surface area contributed by atoms with Crippen LogP contribution in [0.25, 0.3) is 0 Å². The lowest BCUT2D eigenvalue weighted by Crippen LogP contribution is -2.33. The van der Waals surface area contributed by atoms with E-state index in [0.29, 0.717) is 25.1 Å². The van der Waals surface area contributed by atoms with Crippen LogP contribution in [0, 0.1) is 13.8 Å². The van der Waals surface area contributed by atoms with E-state index in [2.05, 4.69) is 12.2 Å². The van der Waals surface area contributed by atoms with Gasteiger partial charge in [0.05, 0.1) is 11.9 Å². The summed E-state index contributed by atoms with van der Waals surface area (Å²) < 4.78 is 25.9. The second-order valence-electron chi connectivity index (χ2n) is 7.27. The molecule has 0 saturated heterocycles. The summed E-state index contributed by atoms with van der Waals surface area (Å²) >= 11 is 0. The van der Waals surface area contributed by atoms with Crippen LogP contribution >= 0.6 is 0 Å². The van der Waals surface area contributed by atoms with Crippen LogP contribution in [0.5, 0.6) is 0 Å². The SMILES string of the molecule is Cc1cccc(N(CCCC(=O)NCC(C)c2ccccc2)S(C)(=O)=O)c1C. The zero-order valence-corrected chi connectivity index (χ0v) is 17.9. The average molecular weight is 403 g/mol. The number of amides is 1. The van der Waals surface area contributed by atoms with Gasteiger partial charge in [0.2, 0.25) is 15.9 Å². The Hall–Kier alpha value is -2.34. The third-order valence-electron chi connectivity index (χ3n) is 4.98. The predicted octanol–water partition coefficient (Wildman–Crippen LogP) is 3.77. The van der Waals surface area contributed by atoms with Crippen LogP contribution in [0.2, 0.25) is 0 Å². The molecule has 1 N–H and O–H groups in total. The molecule has 0 radical (unpaired) electrons. The van der Waals surface area contributed by atoms with Crippen molar-refractivity contribution in [2.24, 2.45) is 0 Å². The van der Waals surface area contributed by atoms with Gasteiger partial charge in [-0.3, -0.25) is 9.10 Å². The first-order valence-electron chi connectivity index (χ1n) is 9.55. The lowest BCUT2D eigenvalue weighted by molar-refractivity contribution is -0.121. The Bertz CT molecular complexity index is 895. The quantitative estimate of drug-likeness (QED) is 0.694. The van der Waals surface area contributed by atoms with Gasteiger partial charge in [-0.05, 0) is 48.9 Å². The Balaban J connectivity index is 1.90. The van der Waals surface area contributed by atoms with Crippen molar-refractivity contribution in [3.8, 4) is 0 Å². The fourth-order valence-corrected chi connectivity index (χ4v) is 4.12. The molecule has 5 nitrogen and oxygen atoms in total. The first-order valence-corrected chi connectivity index (χ1v) is 11.4. The van der Waals surface area contributed by atoms with E-state index in [1.165, 1.54) is 16.1 Å². The summed E-state index contributed by atoms with van der Waals surface area (Å²) in [6, 6.07) is 15.7. The van der Waals surface area contributed by atoms with E-state index in [1.807, 2.05) is 62.4 Å². The smallest absolute Gasteiger partial charge is 0.232 e. The highest BCUT2D eigenvalue weighted by atomic mass is 32.2. The van der Waals surface area contributed by atoms with Gasteiger partial charge in [0.25, 0.3) is 0 Å². The number of hydrogen-bond donors (Lipinski definition) is 1. The maximum absolute atomic E-state index is 12.3. The van der Waals surface area contributed by atoms with Crippen molar-refractivity contribution in [1.82, 2.24) is 5.32 Å². The highest BCUT2D eigenvalue weighted by Crippen LogP contribution is 2.25. The van der Waals surface area contributed by atoms with Gasteiger partial charge in [-0.1, -0.05) is 49.4 Å². The van der Waals surface area contributed by atoms with Crippen molar-refractivity contribution in [2.45, 2.75) is 39.5 Å². The molecule has 0 aliphatic rings. The monoisotopic (exact) mass is 402 g/mol. The van der Waals surface area contributed by atoms with Crippen molar-refractivity contribution in [3.05, 3.63) is 65.2 Å². The lowest BCUT2D eigenvalue weighted by Gasteiger charge is -2.25. The van der Waals surface area contributed by atoms with Gasteiger partial charge in [0.15, 0.2) is 0 Å². The normalized spacial score (nSPS) is 12.4. The zero-order valence-electron chi connectivity index (χ0n) is 17.1. The van der Waals surface area contributed by atoms with Crippen LogP contribution in [0.3, 0.4) is 0 Å². The molecule has 0 spiro atoms. The molecule has 0 fully saturated rings. The summed E-state index contributed by atoms with van der Waals surface area (Å²) in [5, 5.41) is 2.95. The van der Waals surface area contributed by atoms with Crippen LogP contribution < -0.4 is 9.62 Å². The first-order chi connectivity index (χ1) is 13.2. The van der Waals surface area contributed by atoms with Gasteiger partial charge in [0.1, 0.15) is 0 Å². The largest absolute Gasteiger partial charge is 0.356 e. The number of nitrogens with one attached hydrogen (secondary N) is 1. The van der Waals surface area contributed by atoms with Crippen molar-refractivity contribution in [3.63, 3.8) is 0 Å². The third-order valence-corrected chi connectivity index (χ3v) is 6.16. The molecule has 152 valence electrons. The van der Waals surface area contributed by atoms with E-state index >= 15 is 0 Å². The molecule has 2 aromatic rings. The molecule has 0 bridgehead atoms. The number of sulfonamides is 1. The number of carbonyl (C=O) groups excluding carboxylic acids is 1. The standard InChI is InChI=1S/C22H30N2O3S/c1-17-10-8-13-21(19(17)3)24(28(4,26)27)15-9-14-22(25)23-16-18(2)20-11-6-5-7-12-20/h5-8,10-13,18H,9,14-16H2,1-4H3,(H,23,25). The molecular formula is C22H30N2O3S. The average Bonchev–Trinajstić information content (AvgIpc) is 2.65. The maximum Gasteiger partial charge on any atom is 0.232 e. The molecule has 1 amide bonds. The minimum Gasteiger partial charge on any atom is -0.356 e. The van der Waals surface area contributed by atoms with Crippen molar-refractivity contribution in [2.75, 3.05) is 23.7 Å². The first kappa shape index (κ1) is 22.0. The summed E-state index contributed by atoms with van der Waals surface area (Å²) in [7, 11) is -3.42. The highest BCUT2D eigenvalue weighted by molar-refractivity contribution is 7.92. The number of rotatable bonds is 9. The number of hydrogen-bond acceptors (Lipinski definition) is 3. The Kier molecular flexibility index (Phi) is 7.63. The van der Waals surface area contributed by atoms with E-state index in [4.69, 9.17) is 0 Å². The third kappa shape index (κ3) is 6.09. The molecule has 0 aliphatic carbocycles. The molecule has 2 aromatic carbocycles. The van der Waals surface area contributed by atoms with Crippen LogP contribution in [-0.4, -0.2) is 33.7 Å². The molecule has 1 unspecified atom stereocenters. The van der Waals surface area contributed by atoms with Crippen LogP contribution in [0.15, 0.2) is 48.5 Å². The lowest BCUT2D eigenvalue weighted by atomic mass is 10.0. The summed E-state index contributed by atoms with van der Waals surface area (Å²) in [6.45, 7) is 6.79. The molecule has 28 heavy (non-hydrogen) atoms. The van der Waals surface area contributed by atoms with E-state index in [-0.39, 0.29) is 18.4 Å². The summed E-state index contributed by atoms with van der Waals surface area (Å²) in [5.74, 6) is 0.171. The van der Waals surface area contributed by atoms with Gasteiger partial charge in [0, 0.05) is 19.5 Å². The van der Waals surface area contributed by atoms with E-state index < -0.39 is 10.0 Å². The Morgan fingerprint density at radius 3 is 2.39 bits per heavy atom. The molecule has 0 aromatic heterocycles. The van der Waals surface area contributed by atoms with E-state index in [9.17, 15) is 13.2 Å². The topological polar surface area (TPSA) is 66.5 Å². The minimum atomic E-state index is -3.42. The minimum absolute atomic E-state index is 0.0582. The Morgan fingerprint density at radius 2 is 1.75 bits per heavy atom. The fraction of sp³-hybridized carbons (Fsp3) is 0.409. The van der Waals surface area contributed by atoms with E-state index in [1.54, 1.807) is 0 Å². The summed E-state index contributed by atoms with van der Waals surface area (Å²) in [4.78, 5) is 12.2. The predicted molar refractivity (Wildman–Crippen MR) is 115 cm³/mol. The maximum atomic E-state index is 12.3. The molecule has 1 atom stereocenters. The van der Waals surface area contributed by atoms with Gasteiger partial charge in [-0.2, -0.15) is 0 Å². The second kappa shape index (κ2) is 9.73. The summed E-state index contributed by atoms with van der Waals surface area (Å²) in [6.07, 6.45) is 1.96. The molecule has 0 aliphatic heterocycles. The van der Waals surface area contributed by atoms with E-state index in [0.717, 1.165) is 11.1 Å². The van der Waals surface area contributed by atoms with Gasteiger partial charge in [-0.15, -0.1) is 0 Å². The Morgan fingerprint density at radius 1 is 1.07 bits per heavy atom. The summed E-state index contributed by atoms with van der Waals surface area (Å²) in [5.41, 5.74) is 3.84. The number of nitrogens with zero attached hydrogens (tertiary/aromatic N) is 1. The van der Waals surface area contributed by atoms with Crippen molar-refractivity contribution in [1.29, 1.82) is 0 Å². The number of anilines is 1. The van der Waals surface area contributed by atoms with Crippen molar-refractivity contribution < 1.29 is 13.2 Å². The second-order valence-corrected chi connectivity index (χ2v) is 9.18. The van der Waals surface area contributed by atoms with Gasteiger partial charge >= 0.3 is 0 Å². The van der Waals surface area contributed by atoms with Crippen LogP contribution in [0.1, 0.15) is 42.4 Å².